The third-order valence-corrected chi connectivity index (χ3v) is 3.54. The van der Waals surface area contributed by atoms with Gasteiger partial charge >= 0.3 is 0 Å². The van der Waals surface area contributed by atoms with Crippen LogP contribution in [-0.4, -0.2) is 24.7 Å². The van der Waals surface area contributed by atoms with Gasteiger partial charge in [0.15, 0.2) is 0 Å². The summed E-state index contributed by atoms with van der Waals surface area (Å²) in [5.74, 6) is 0.777. The van der Waals surface area contributed by atoms with Gasteiger partial charge in [-0.3, -0.25) is 4.79 Å². The quantitative estimate of drug-likeness (QED) is 0.767. The third kappa shape index (κ3) is 4.76. The second kappa shape index (κ2) is 8.46. The average Bonchev–Trinajstić information content (AvgIpc) is 2.47. The molecule has 20 heavy (non-hydrogen) atoms. The van der Waals surface area contributed by atoms with Crippen molar-refractivity contribution >= 4 is 5.91 Å². The lowest BCUT2D eigenvalue weighted by molar-refractivity contribution is 0.0943. The molecular formula is C16H25NO3. The van der Waals surface area contributed by atoms with E-state index in [0.717, 1.165) is 12.8 Å². The van der Waals surface area contributed by atoms with E-state index in [-0.39, 0.29) is 17.2 Å². The van der Waals surface area contributed by atoms with Gasteiger partial charge in [-0.15, -0.1) is 0 Å². The summed E-state index contributed by atoms with van der Waals surface area (Å²) in [6.45, 7) is 4.95. The van der Waals surface area contributed by atoms with Crippen LogP contribution in [-0.2, 0) is 0 Å². The molecule has 1 rings (SSSR count). The number of carbonyl (C=O) groups is 1. The van der Waals surface area contributed by atoms with Gasteiger partial charge < -0.3 is 15.2 Å². The number of aromatic hydroxyl groups is 1. The van der Waals surface area contributed by atoms with Crippen LogP contribution in [0.5, 0.6) is 11.5 Å². The molecule has 0 aliphatic heterocycles. The predicted octanol–water partition coefficient (Wildman–Crippen LogP) is 3.35. The van der Waals surface area contributed by atoms with E-state index in [1.165, 1.54) is 26.0 Å². The van der Waals surface area contributed by atoms with Gasteiger partial charge in [0.2, 0.25) is 0 Å². The number of carbonyl (C=O) groups excluding carboxylic acids is 1. The Bertz CT molecular complexity index is 432. The van der Waals surface area contributed by atoms with Gasteiger partial charge in [0.25, 0.3) is 5.91 Å². The molecule has 0 bridgehead atoms. The number of unbranched alkanes of at least 4 members (excludes halogenated alkanes) is 1. The zero-order valence-corrected chi connectivity index (χ0v) is 12.6. The molecule has 1 aromatic rings. The van der Waals surface area contributed by atoms with E-state index in [9.17, 15) is 9.90 Å². The molecule has 0 aromatic heterocycles. The molecule has 0 radical (unpaired) electrons. The summed E-state index contributed by atoms with van der Waals surface area (Å²) in [7, 11) is 1.53. The molecule has 4 heteroatoms. The van der Waals surface area contributed by atoms with Crippen molar-refractivity contribution in [1.29, 1.82) is 0 Å². The van der Waals surface area contributed by atoms with E-state index in [0.29, 0.717) is 18.2 Å². The van der Waals surface area contributed by atoms with Crippen LogP contribution in [0.2, 0.25) is 0 Å². The second-order valence-corrected chi connectivity index (χ2v) is 5.01. The van der Waals surface area contributed by atoms with Crippen LogP contribution < -0.4 is 10.1 Å². The standard InChI is InChI=1S/C16H25NO3/c1-4-6-7-12(5-2)11-17-16(19)14-10-13(20-3)8-9-15(14)18/h8-10,12,18H,4-7,11H2,1-3H3,(H,17,19). The van der Waals surface area contributed by atoms with Gasteiger partial charge in [0.05, 0.1) is 12.7 Å². The minimum Gasteiger partial charge on any atom is -0.507 e. The highest BCUT2D eigenvalue weighted by molar-refractivity contribution is 5.97. The topological polar surface area (TPSA) is 58.6 Å². The molecule has 1 aromatic carbocycles. The highest BCUT2D eigenvalue weighted by atomic mass is 16.5. The molecule has 1 atom stereocenters. The van der Waals surface area contributed by atoms with E-state index in [1.807, 2.05) is 0 Å². The normalized spacial score (nSPS) is 11.9. The summed E-state index contributed by atoms with van der Waals surface area (Å²) in [6.07, 6.45) is 4.52. The SMILES string of the molecule is CCCCC(CC)CNC(=O)c1cc(OC)ccc1O. The number of ether oxygens (including phenoxy) is 1. The smallest absolute Gasteiger partial charge is 0.255 e. The number of phenolic OH excluding ortho intramolecular Hbond substituents is 1. The van der Waals surface area contributed by atoms with Crippen molar-refractivity contribution in [3.05, 3.63) is 23.8 Å². The Morgan fingerprint density at radius 1 is 1.40 bits per heavy atom. The van der Waals surface area contributed by atoms with Crippen molar-refractivity contribution < 1.29 is 14.6 Å². The molecule has 0 fully saturated rings. The second-order valence-electron chi connectivity index (χ2n) is 5.01. The summed E-state index contributed by atoms with van der Waals surface area (Å²) < 4.78 is 5.07. The van der Waals surface area contributed by atoms with Crippen molar-refractivity contribution in [3.63, 3.8) is 0 Å². The largest absolute Gasteiger partial charge is 0.507 e. The molecule has 0 aliphatic carbocycles. The van der Waals surface area contributed by atoms with Crippen LogP contribution in [0, 0.1) is 5.92 Å². The van der Waals surface area contributed by atoms with Crippen molar-refractivity contribution in [3.8, 4) is 11.5 Å². The van der Waals surface area contributed by atoms with Gasteiger partial charge in [-0.1, -0.05) is 33.1 Å². The van der Waals surface area contributed by atoms with Crippen LogP contribution in [0.25, 0.3) is 0 Å². The molecular weight excluding hydrogens is 254 g/mol. The summed E-state index contributed by atoms with van der Waals surface area (Å²) in [5, 5.41) is 12.6. The van der Waals surface area contributed by atoms with Gasteiger partial charge in [-0.25, -0.2) is 0 Å². The number of hydrogen-bond donors (Lipinski definition) is 2. The minimum absolute atomic E-state index is 0.0232. The molecule has 2 N–H and O–H groups in total. The molecule has 0 aliphatic rings. The summed E-state index contributed by atoms with van der Waals surface area (Å²) in [4.78, 5) is 12.1. The Balaban J connectivity index is 2.61. The third-order valence-electron chi connectivity index (χ3n) is 3.54. The number of amides is 1. The van der Waals surface area contributed by atoms with E-state index >= 15 is 0 Å². The predicted molar refractivity (Wildman–Crippen MR) is 80.3 cm³/mol. The molecule has 0 saturated carbocycles. The van der Waals surface area contributed by atoms with Gasteiger partial charge in [-0.05, 0) is 30.5 Å². The van der Waals surface area contributed by atoms with Crippen molar-refractivity contribution in [2.24, 2.45) is 5.92 Å². The van der Waals surface area contributed by atoms with Crippen molar-refractivity contribution in [1.82, 2.24) is 5.32 Å². The highest BCUT2D eigenvalue weighted by Crippen LogP contribution is 2.22. The Kier molecular flexibility index (Phi) is 6.91. The van der Waals surface area contributed by atoms with Crippen LogP contribution in [0.4, 0.5) is 0 Å². The number of nitrogens with one attached hydrogen (secondary N) is 1. The summed E-state index contributed by atoms with van der Waals surface area (Å²) >= 11 is 0. The Morgan fingerprint density at radius 3 is 2.75 bits per heavy atom. The van der Waals surface area contributed by atoms with E-state index in [1.54, 1.807) is 12.1 Å². The van der Waals surface area contributed by atoms with Crippen LogP contribution in [0.15, 0.2) is 18.2 Å². The molecule has 112 valence electrons. The molecule has 1 unspecified atom stereocenters. The van der Waals surface area contributed by atoms with Crippen molar-refractivity contribution in [2.45, 2.75) is 39.5 Å². The molecule has 4 nitrogen and oxygen atoms in total. The number of rotatable bonds is 8. The first kappa shape index (κ1) is 16.3. The zero-order valence-electron chi connectivity index (χ0n) is 12.6. The van der Waals surface area contributed by atoms with Crippen LogP contribution in [0.1, 0.15) is 49.9 Å². The Hall–Kier alpha value is -1.71. The first-order valence-corrected chi connectivity index (χ1v) is 7.27. The molecule has 1 amide bonds. The fourth-order valence-electron chi connectivity index (χ4n) is 2.10. The molecule has 0 heterocycles. The van der Waals surface area contributed by atoms with E-state index < -0.39 is 0 Å². The van der Waals surface area contributed by atoms with Gasteiger partial charge in [0, 0.05) is 6.54 Å². The lowest BCUT2D eigenvalue weighted by Gasteiger charge is -2.15. The summed E-state index contributed by atoms with van der Waals surface area (Å²) in [6, 6.07) is 4.65. The highest BCUT2D eigenvalue weighted by Gasteiger charge is 2.14. The lowest BCUT2D eigenvalue weighted by Crippen LogP contribution is -2.29. The monoisotopic (exact) mass is 279 g/mol. The Morgan fingerprint density at radius 2 is 2.15 bits per heavy atom. The first-order valence-electron chi connectivity index (χ1n) is 7.27. The Labute approximate surface area is 121 Å². The molecule has 0 spiro atoms. The maximum Gasteiger partial charge on any atom is 0.255 e. The first-order chi connectivity index (χ1) is 9.62. The number of methoxy groups -OCH3 is 1. The average molecular weight is 279 g/mol. The maximum absolute atomic E-state index is 12.1. The van der Waals surface area contributed by atoms with E-state index in [4.69, 9.17) is 4.74 Å². The van der Waals surface area contributed by atoms with Gasteiger partial charge in [0.1, 0.15) is 11.5 Å². The zero-order chi connectivity index (χ0) is 15.0. The van der Waals surface area contributed by atoms with Crippen molar-refractivity contribution in [2.75, 3.05) is 13.7 Å². The maximum atomic E-state index is 12.1. The number of phenols is 1. The van der Waals surface area contributed by atoms with E-state index in [2.05, 4.69) is 19.2 Å². The minimum atomic E-state index is -0.253. The number of hydrogen-bond acceptors (Lipinski definition) is 3. The van der Waals surface area contributed by atoms with Crippen LogP contribution >= 0.6 is 0 Å². The summed E-state index contributed by atoms with van der Waals surface area (Å²) in [5.41, 5.74) is 0.259. The van der Waals surface area contributed by atoms with Crippen LogP contribution in [0.3, 0.4) is 0 Å². The molecule has 0 saturated heterocycles. The number of benzene rings is 1. The fourth-order valence-corrected chi connectivity index (χ4v) is 2.10. The lowest BCUT2D eigenvalue weighted by atomic mass is 9.99. The fraction of sp³-hybridized carbons (Fsp3) is 0.562. The van der Waals surface area contributed by atoms with Gasteiger partial charge in [-0.2, -0.15) is 0 Å².